The van der Waals surface area contributed by atoms with Crippen LogP contribution in [-0.4, -0.2) is 129 Å². The van der Waals surface area contributed by atoms with Gasteiger partial charge in [0, 0.05) is 89.9 Å². The molecule has 2 unspecified atom stereocenters. The summed E-state index contributed by atoms with van der Waals surface area (Å²) in [5, 5.41) is 9.12. The zero-order valence-electron chi connectivity index (χ0n) is 37.6. The summed E-state index contributed by atoms with van der Waals surface area (Å²) in [7, 11) is 3.05. The lowest BCUT2D eigenvalue weighted by atomic mass is 9.99. The summed E-state index contributed by atoms with van der Waals surface area (Å²) in [5.74, 6) is -1.43. The number of amides is 4. The number of pyridine rings is 1. The van der Waals surface area contributed by atoms with E-state index in [1.807, 2.05) is 6.08 Å². The number of carbonyl (C=O) groups is 5. The summed E-state index contributed by atoms with van der Waals surface area (Å²) in [6, 6.07) is 7.95. The average molecular weight is 931 g/mol. The molecule has 3 N–H and O–H groups in total. The van der Waals surface area contributed by atoms with Crippen LogP contribution in [0.15, 0.2) is 59.7 Å². The first kappa shape index (κ1) is 48.2. The van der Waals surface area contributed by atoms with Crippen molar-refractivity contribution in [3.8, 4) is 0 Å². The number of hydrogen-bond acceptors (Lipinski definition) is 11. The van der Waals surface area contributed by atoms with Crippen molar-refractivity contribution in [3.05, 3.63) is 98.9 Å². The monoisotopic (exact) mass is 930 g/mol. The number of benzene rings is 2. The molecule has 20 heteroatoms. The van der Waals surface area contributed by atoms with Crippen molar-refractivity contribution in [1.82, 2.24) is 39.5 Å². The van der Waals surface area contributed by atoms with Crippen LogP contribution in [0, 0.1) is 5.82 Å². The third kappa shape index (κ3) is 11.0. The van der Waals surface area contributed by atoms with Gasteiger partial charge in [0.15, 0.2) is 0 Å². The van der Waals surface area contributed by atoms with Gasteiger partial charge < -0.3 is 35.4 Å². The van der Waals surface area contributed by atoms with E-state index in [2.05, 4.69) is 30.8 Å². The van der Waals surface area contributed by atoms with Crippen LogP contribution in [0.5, 0.6) is 0 Å². The van der Waals surface area contributed by atoms with Crippen LogP contribution in [0.3, 0.4) is 0 Å². The highest BCUT2D eigenvalue weighted by Crippen LogP contribution is 2.33. The van der Waals surface area contributed by atoms with E-state index < -0.39 is 41.5 Å². The molecule has 1 fully saturated rings. The quantitative estimate of drug-likeness (QED) is 0.0756. The van der Waals surface area contributed by atoms with E-state index in [4.69, 9.17) is 0 Å². The fourth-order valence-corrected chi connectivity index (χ4v) is 8.87. The third-order valence-electron chi connectivity index (χ3n) is 12.8. The maximum atomic E-state index is 15.1. The van der Waals surface area contributed by atoms with Crippen molar-refractivity contribution in [1.29, 1.82) is 0 Å². The lowest BCUT2D eigenvalue weighted by molar-refractivity contribution is -0.137. The zero-order valence-corrected chi connectivity index (χ0v) is 37.6. The van der Waals surface area contributed by atoms with E-state index in [9.17, 15) is 41.9 Å². The summed E-state index contributed by atoms with van der Waals surface area (Å²) >= 11 is 0. The number of rotatable bonds is 17. The molecular weight excluding hydrogens is 877 g/mol. The number of alkyl halides is 3. The molecule has 67 heavy (non-hydrogen) atoms. The van der Waals surface area contributed by atoms with Gasteiger partial charge in [-0.05, 0) is 86.2 Å². The molecule has 3 aliphatic heterocycles. The van der Waals surface area contributed by atoms with Crippen molar-refractivity contribution >= 4 is 58.0 Å². The van der Waals surface area contributed by atoms with Gasteiger partial charge in [-0.25, -0.2) is 14.4 Å². The fraction of sp³-hybridized carbons (Fsp3) is 0.447. The Hall–Kier alpha value is -6.70. The third-order valence-corrected chi connectivity index (χ3v) is 12.8. The van der Waals surface area contributed by atoms with Gasteiger partial charge in [-0.3, -0.25) is 33.4 Å². The number of nitrogens with zero attached hydrogens (tertiary/aromatic N) is 7. The Morgan fingerprint density at radius 3 is 2.42 bits per heavy atom. The number of aryl methyl sites for hydroxylation is 1. The van der Waals surface area contributed by atoms with E-state index in [1.54, 1.807) is 35.9 Å². The molecule has 4 amide bonds. The molecule has 0 aliphatic carbocycles. The Morgan fingerprint density at radius 1 is 0.940 bits per heavy atom. The predicted octanol–water partition coefficient (Wildman–Crippen LogP) is 4.75. The van der Waals surface area contributed by atoms with Crippen LogP contribution in [0.2, 0.25) is 0 Å². The molecule has 1 saturated heterocycles. The molecule has 0 bridgehead atoms. The van der Waals surface area contributed by atoms with Gasteiger partial charge in [0.25, 0.3) is 11.5 Å². The number of piperazine rings is 1. The van der Waals surface area contributed by atoms with Gasteiger partial charge >= 0.3 is 6.18 Å². The number of aromatic nitrogens is 3. The highest BCUT2D eigenvalue weighted by molar-refractivity contribution is 6.01. The largest absolute Gasteiger partial charge is 0.416 e. The lowest BCUT2D eigenvalue weighted by Gasteiger charge is -2.35. The van der Waals surface area contributed by atoms with Crippen LogP contribution in [0.25, 0.3) is 16.6 Å². The minimum absolute atomic E-state index is 0.0134. The molecule has 0 spiro atoms. The molecule has 16 nitrogen and oxygen atoms in total. The number of hydrogen-bond donors (Lipinski definition) is 3. The van der Waals surface area contributed by atoms with Crippen molar-refractivity contribution in [2.24, 2.45) is 7.05 Å². The van der Waals surface area contributed by atoms with Gasteiger partial charge in [-0.2, -0.15) is 13.2 Å². The second-order valence-corrected chi connectivity index (χ2v) is 17.0. The summed E-state index contributed by atoms with van der Waals surface area (Å²) in [5.41, 5.74) is 1.70. The number of aldehydes is 1. The van der Waals surface area contributed by atoms with Gasteiger partial charge in [0.05, 0.1) is 23.2 Å². The number of anilines is 2. The number of unbranched alkanes of at least 4 members (excludes halogenated alkanes) is 1. The van der Waals surface area contributed by atoms with Crippen LogP contribution in [0.1, 0.15) is 84.1 Å². The van der Waals surface area contributed by atoms with E-state index in [0.29, 0.717) is 98.4 Å². The van der Waals surface area contributed by atoms with Crippen LogP contribution in [-0.2, 0) is 38.9 Å². The molecule has 2 atom stereocenters. The molecule has 4 aromatic rings. The fourth-order valence-electron chi connectivity index (χ4n) is 8.87. The van der Waals surface area contributed by atoms with Crippen LogP contribution >= 0.6 is 0 Å². The molecule has 2 aromatic heterocycles. The maximum absolute atomic E-state index is 15.1. The molecule has 3 aliphatic rings. The first-order valence-electron chi connectivity index (χ1n) is 22.4. The van der Waals surface area contributed by atoms with Crippen LogP contribution < -0.4 is 21.5 Å². The van der Waals surface area contributed by atoms with E-state index in [0.717, 1.165) is 36.7 Å². The minimum Gasteiger partial charge on any atom is -0.374 e. The summed E-state index contributed by atoms with van der Waals surface area (Å²) in [6.45, 7) is 5.44. The van der Waals surface area contributed by atoms with E-state index in [1.165, 1.54) is 35.0 Å². The normalized spacial score (nSPS) is 16.4. The van der Waals surface area contributed by atoms with Gasteiger partial charge in [-0.15, -0.1) is 0 Å². The topological polar surface area (TPSA) is 182 Å². The second kappa shape index (κ2) is 20.9. The summed E-state index contributed by atoms with van der Waals surface area (Å²) < 4.78 is 56.7. The minimum atomic E-state index is -4.48. The molecule has 0 radical (unpaired) electrons. The number of fused-ring (bicyclic) bond motifs is 2. The molecule has 356 valence electrons. The van der Waals surface area contributed by atoms with Gasteiger partial charge in [0.1, 0.15) is 35.9 Å². The Labute approximate surface area is 384 Å². The Kier molecular flexibility index (Phi) is 15.0. The van der Waals surface area contributed by atoms with Crippen molar-refractivity contribution in [2.75, 3.05) is 70.0 Å². The number of nitrogens with one attached hydrogen (secondary N) is 3. The molecule has 7 rings (SSSR count). The van der Waals surface area contributed by atoms with Crippen LogP contribution in [0.4, 0.5) is 29.1 Å². The van der Waals surface area contributed by atoms with Crippen molar-refractivity contribution in [2.45, 2.75) is 70.3 Å². The smallest absolute Gasteiger partial charge is 0.374 e. The highest BCUT2D eigenvalue weighted by Gasteiger charge is 2.37. The SMILES string of the molecule is CNC(=O)C(CCC=O)N1Cc2cc(NCC(=O)N3CCN(CCCCC(=O)N4CC=C(c5cc6c(NC(C)c7cccc(C(F)(F)F)c7)ncnc6n(C)c5=O)CC4)CC3)c(F)cc2C1=O. The number of likely N-dealkylation sites (N-methyl/N-ethyl adjacent to an activating group) is 1. The number of halogens is 4. The molecule has 5 heterocycles. The summed E-state index contributed by atoms with van der Waals surface area (Å²) in [4.78, 5) is 92.1. The zero-order chi connectivity index (χ0) is 48.0. The number of carbonyl (C=O) groups excluding carboxylic acids is 5. The summed E-state index contributed by atoms with van der Waals surface area (Å²) in [6.07, 6.45) is 1.87. The molecular formula is C47H54F4N10O6. The lowest BCUT2D eigenvalue weighted by Crippen LogP contribution is -2.50. The van der Waals surface area contributed by atoms with Gasteiger partial charge in [-0.1, -0.05) is 18.2 Å². The van der Waals surface area contributed by atoms with E-state index >= 15 is 4.39 Å². The maximum Gasteiger partial charge on any atom is 0.416 e. The van der Waals surface area contributed by atoms with Gasteiger partial charge in [0.2, 0.25) is 17.7 Å². The molecule has 2 aromatic carbocycles. The standard InChI is InChI=1S/C47H54F4N10O6/c1-29(31-8-6-9-33(22-31)47(49,50)51)56-42-36-24-34(45(66)57(3)43(36)55-28-54-42)30-12-15-59(16-13-30)40(63)11-4-5-14-58-17-19-60(20-18-58)41(64)26-53-38-23-32-27-61(46(67)35(32)25-37(38)48)39(10-7-21-62)44(65)52-2/h6,8-9,12,21-25,28-29,39,53H,4-5,7,10-11,13-20,26-27H2,1-3H3,(H,52,65)(H,54,55,56). The van der Waals surface area contributed by atoms with E-state index in [-0.39, 0.29) is 54.6 Å². The average Bonchev–Trinajstić information content (AvgIpc) is 3.64. The Morgan fingerprint density at radius 2 is 1.72 bits per heavy atom. The van der Waals surface area contributed by atoms with Crippen molar-refractivity contribution < 1.29 is 41.5 Å². The Balaban J connectivity index is 0.850. The van der Waals surface area contributed by atoms with Crippen molar-refractivity contribution in [3.63, 3.8) is 0 Å². The second-order valence-electron chi connectivity index (χ2n) is 17.0. The Bertz CT molecular complexity index is 2630. The predicted molar refractivity (Wildman–Crippen MR) is 242 cm³/mol. The molecule has 0 saturated carbocycles. The first-order chi connectivity index (χ1) is 32.1. The highest BCUT2D eigenvalue weighted by atomic mass is 19.4. The first-order valence-corrected chi connectivity index (χ1v) is 22.4.